The van der Waals surface area contributed by atoms with Gasteiger partial charge in [0.1, 0.15) is 0 Å². The highest BCUT2D eigenvalue weighted by Gasteiger charge is 1.96. The molecule has 0 aromatic carbocycles. The highest BCUT2D eigenvalue weighted by atomic mass is 32.2. The number of thioether (sulfide) groups is 1. The van der Waals surface area contributed by atoms with Crippen molar-refractivity contribution in [2.75, 3.05) is 51.1 Å². The lowest BCUT2D eigenvalue weighted by Crippen LogP contribution is -2.10. The molecule has 5 nitrogen and oxygen atoms in total. The van der Waals surface area contributed by atoms with Gasteiger partial charge in [0.2, 0.25) is 0 Å². The van der Waals surface area contributed by atoms with Gasteiger partial charge >= 0.3 is 0 Å². The molecule has 1 heterocycles. The number of unbranched alkanes of at least 4 members (excludes halogenated alkanes) is 1. The largest absolute Gasteiger partial charge is 0.397 e. The molecule has 0 fully saturated rings. The zero-order valence-electron chi connectivity index (χ0n) is 12.8. The molecular weight excluding hydrogens is 288 g/mol. The van der Waals surface area contributed by atoms with Crippen molar-refractivity contribution in [2.24, 2.45) is 0 Å². The predicted molar refractivity (Wildman–Crippen MR) is 86.7 cm³/mol. The Kier molecular flexibility index (Phi) is 11.2. The molecule has 1 aromatic rings. The Morgan fingerprint density at radius 2 is 1.67 bits per heavy atom. The summed E-state index contributed by atoms with van der Waals surface area (Å²) >= 11 is 1.66. The number of rotatable bonds is 13. The maximum atomic E-state index is 5.58. The third-order valence-corrected chi connectivity index (χ3v) is 3.53. The van der Waals surface area contributed by atoms with Gasteiger partial charge in [-0.25, -0.2) is 4.98 Å². The average molecular weight is 314 g/mol. The van der Waals surface area contributed by atoms with E-state index in [2.05, 4.69) is 11.9 Å². The topological polar surface area (TPSA) is 66.6 Å². The first-order valence-corrected chi connectivity index (χ1v) is 8.39. The van der Waals surface area contributed by atoms with Gasteiger partial charge < -0.3 is 19.9 Å². The Balaban J connectivity index is 1.81. The molecule has 0 atom stereocenters. The predicted octanol–water partition coefficient (Wildman–Crippen LogP) is 2.61. The molecule has 21 heavy (non-hydrogen) atoms. The SMILES string of the molecule is CCCCOCCOCCOCCSc1ccc(N)cn1. The van der Waals surface area contributed by atoms with E-state index < -0.39 is 0 Å². The van der Waals surface area contributed by atoms with Crippen LogP contribution in [0.2, 0.25) is 0 Å². The first-order valence-electron chi connectivity index (χ1n) is 7.40. The zero-order chi connectivity index (χ0) is 15.2. The van der Waals surface area contributed by atoms with Crippen LogP contribution < -0.4 is 5.73 Å². The van der Waals surface area contributed by atoms with Crippen molar-refractivity contribution in [1.29, 1.82) is 0 Å². The number of aromatic nitrogens is 1. The second kappa shape index (κ2) is 12.9. The second-order valence-corrected chi connectivity index (χ2v) is 5.58. The van der Waals surface area contributed by atoms with E-state index in [1.54, 1.807) is 18.0 Å². The quantitative estimate of drug-likeness (QED) is 0.446. The summed E-state index contributed by atoms with van der Waals surface area (Å²) in [6.07, 6.45) is 3.95. The van der Waals surface area contributed by atoms with Crippen molar-refractivity contribution < 1.29 is 14.2 Å². The molecule has 1 aromatic heterocycles. The normalized spacial score (nSPS) is 10.9. The molecule has 2 N–H and O–H groups in total. The van der Waals surface area contributed by atoms with Gasteiger partial charge in [-0.15, -0.1) is 11.8 Å². The first-order chi connectivity index (χ1) is 10.3. The fourth-order valence-corrected chi connectivity index (χ4v) is 2.17. The third kappa shape index (κ3) is 10.5. The molecule has 0 amide bonds. The van der Waals surface area contributed by atoms with Crippen LogP contribution in [0.25, 0.3) is 0 Å². The molecular formula is C15H26N2O3S. The highest BCUT2D eigenvalue weighted by Crippen LogP contribution is 2.15. The van der Waals surface area contributed by atoms with Gasteiger partial charge in [-0.05, 0) is 18.6 Å². The van der Waals surface area contributed by atoms with Gasteiger partial charge in [-0.2, -0.15) is 0 Å². The van der Waals surface area contributed by atoms with E-state index in [-0.39, 0.29) is 0 Å². The fourth-order valence-electron chi connectivity index (χ4n) is 1.47. The number of ether oxygens (including phenoxy) is 3. The maximum Gasteiger partial charge on any atom is 0.0962 e. The minimum atomic E-state index is 0.613. The summed E-state index contributed by atoms with van der Waals surface area (Å²) in [6.45, 7) is 6.20. The lowest BCUT2D eigenvalue weighted by molar-refractivity contribution is 0.0169. The Hall–Kier alpha value is -0.820. The van der Waals surface area contributed by atoms with Crippen LogP contribution in [0, 0.1) is 0 Å². The van der Waals surface area contributed by atoms with Crippen LogP contribution >= 0.6 is 11.8 Å². The van der Waals surface area contributed by atoms with Crippen LogP contribution in [0.4, 0.5) is 5.69 Å². The van der Waals surface area contributed by atoms with Crippen molar-refractivity contribution in [1.82, 2.24) is 4.98 Å². The van der Waals surface area contributed by atoms with E-state index in [0.29, 0.717) is 38.7 Å². The fraction of sp³-hybridized carbons (Fsp3) is 0.667. The second-order valence-electron chi connectivity index (χ2n) is 4.47. The Labute approximate surface area is 131 Å². The molecule has 0 bridgehead atoms. The third-order valence-electron chi connectivity index (χ3n) is 2.62. The van der Waals surface area contributed by atoms with Gasteiger partial charge in [-0.1, -0.05) is 13.3 Å². The lowest BCUT2D eigenvalue weighted by Gasteiger charge is -2.06. The number of anilines is 1. The van der Waals surface area contributed by atoms with Crippen molar-refractivity contribution in [3.8, 4) is 0 Å². The van der Waals surface area contributed by atoms with Crippen LogP contribution in [-0.4, -0.2) is 50.4 Å². The summed E-state index contributed by atoms with van der Waals surface area (Å²) in [5, 5.41) is 0.966. The zero-order valence-corrected chi connectivity index (χ0v) is 13.6. The molecule has 0 saturated carbocycles. The lowest BCUT2D eigenvalue weighted by atomic mass is 10.4. The van der Waals surface area contributed by atoms with Crippen LogP contribution in [0.5, 0.6) is 0 Å². The van der Waals surface area contributed by atoms with Crippen molar-refractivity contribution >= 4 is 17.4 Å². The smallest absolute Gasteiger partial charge is 0.0962 e. The van der Waals surface area contributed by atoms with E-state index in [1.807, 2.05) is 12.1 Å². The van der Waals surface area contributed by atoms with Gasteiger partial charge in [0, 0.05) is 12.4 Å². The molecule has 6 heteroatoms. The van der Waals surface area contributed by atoms with Gasteiger partial charge in [0.05, 0.1) is 49.9 Å². The highest BCUT2D eigenvalue weighted by molar-refractivity contribution is 7.99. The molecule has 0 aliphatic rings. The monoisotopic (exact) mass is 314 g/mol. The molecule has 0 aliphatic heterocycles. The molecule has 0 spiro atoms. The summed E-state index contributed by atoms with van der Waals surface area (Å²) in [4.78, 5) is 4.21. The maximum absolute atomic E-state index is 5.58. The van der Waals surface area contributed by atoms with Crippen molar-refractivity contribution in [3.63, 3.8) is 0 Å². The number of nitrogens with two attached hydrogens (primary N) is 1. The standard InChI is InChI=1S/C15H26N2O3S/c1-2-3-6-18-7-8-19-9-10-20-11-12-21-15-5-4-14(16)13-17-15/h4-5,13H,2-3,6-12,16H2,1H3. The van der Waals surface area contributed by atoms with Crippen LogP contribution in [0.15, 0.2) is 23.4 Å². The average Bonchev–Trinajstić information content (AvgIpc) is 2.50. The summed E-state index contributed by atoms with van der Waals surface area (Å²) in [5.74, 6) is 0.872. The van der Waals surface area contributed by atoms with E-state index in [9.17, 15) is 0 Å². The van der Waals surface area contributed by atoms with E-state index >= 15 is 0 Å². The minimum absolute atomic E-state index is 0.613. The number of hydrogen-bond acceptors (Lipinski definition) is 6. The molecule has 0 radical (unpaired) electrons. The molecule has 0 aliphatic carbocycles. The van der Waals surface area contributed by atoms with Gasteiger partial charge in [-0.3, -0.25) is 0 Å². The van der Waals surface area contributed by atoms with Crippen LogP contribution in [0.3, 0.4) is 0 Å². The van der Waals surface area contributed by atoms with E-state index in [4.69, 9.17) is 19.9 Å². The Morgan fingerprint density at radius 1 is 1.00 bits per heavy atom. The van der Waals surface area contributed by atoms with Gasteiger partial charge in [0.15, 0.2) is 0 Å². The summed E-state index contributed by atoms with van der Waals surface area (Å²) < 4.78 is 16.3. The number of nitrogen functional groups attached to an aromatic ring is 1. The van der Waals surface area contributed by atoms with Crippen molar-refractivity contribution in [3.05, 3.63) is 18.3 Å². The van der Waals surface area contributed by atoms with Crippen LogP contribution in [-0.2, 0) is 14.2 Å². The minimum Gasteiger partial charge on any atom is -0.397 e. The molecule has 0 saturated heterocycles. The number of hydrogen-bond donors (Lipinski definition) is 1. The summed E-state index contributed by atoms with van der Waals surface area (Å²) in [6, 6.07) is 3.77. The van der Waals surface area contributed by atoms with Gasteiger partial charge in [0.25, 0.3) is 0 Å². The van der Waals surface area contributed by atoms with Crippen molar-refractivity contribution in [2.45, 2.75) is 24.8 Å². The molecule has 0 unspecified atom stereocenters. The Bertz CT molecular complexity index is 349. The van der Waals surface area contributed by atoms with E-state index in [0.717, 1.165) is 23.8 Å². The summed E-state index contributed by atoms with van der Waals surface area (Å²) in [7, 11) is 0. The molecule has 120 valence electrons. The Morgan fingerprint density at radius 3 is 2.29 bits per heavy atom. The number of nitrogens with zero attached hydrogens (tertiary/aromatic N) is 1. The first kappa shape index (κ1) is 18.2. The van der Waals surface area contributed by atoms with Crippen LogP contribution in [0.1, 0.15) is 19.8 Å². The van der Waals surface area contributed by atoms with E-state index in [1.165, 1.54) is 6.42 Å². The summed E-state index contributed by atoms with van der Waals surface area (Å²) in [5.41, 5.74) is 6.26. The molecule has 1 rings (SSSR count). The number of pyridine rings is 1.